The van der Waals surface area contributed by atoms with Crippen LogP contribution in [0.25, 0.3) is 0 Å². The lowest BCUT2D eigenvalue weighted by atomic mass is 10.1. The van der Waals surface area contributed by atoms with E-state index in [1.807, 2.05) is 11.8 Å². The number of β-amino-alcohol motifs (C(OH)–C–C–N with tert-alkyl or cyclic N) is 1. The topological polar surface area (TPSA) is 72.4 Å². The molecule has 0 radical (unpaired) electrons. The van der Waals surface area contributed by atoms with Crippen LogP contribution in [0, 0.1) is 6.92 Å². The molecular formula is C10H16ClN3O2. The van der Waals surface area contributed by atoms with Crippen LogP contribution in [0.15, 0.2) is 0 Å². The van der Waals surface area contributed by atoms with Gasteiger partial charge in [-0.3, -0.25) is 10.00 Å². The molecule has 6 heteroatoms. The number of likely N-dealkylation sites (tertiary alicyclic amines) is 1. The Morgan fingerprint density at radius 1 is 1.62 bits per heavy atom. The maximum Gasteiger partial charge on any atom is 0.102 e. The Bertz CT molecular complexity index is 382. The summed E-state index contributed by atoms with van der Waals surface area (Å²) in [6.45, 7) is 3.49. The molecule has 3 N–H and O–H groups in total. The quantitative estimate of drug-likeness (QED) is 0.716. The highest BCUT2D eigenvalue weighted by molar-refractivity contribution is 6.31. The molecule has 2 heterocycles. The fourth-order valence-electron chi connectivity index (χ4n) is 1.99. The number of rotatable bonds is 3. The van der Waals surface area contributed by atoms with Gasteiger partial charge in [0.15, 0.2) is 0 Å². The number of hydrogen-bond donors (Lipinski definition) is 3. The average Bonchev–Trinajstić information content (AvgIpc) is 2.78. The standard InChI is InChI=1S/C10H16ClN3O2/c1-7-9(11)8(13-12-7)4-14-3-2-10(16,5-14)6-15/h15-16H,2-6H2,1H3,(H,12,13). The number of aromatic nitrogens is 2. The lowest BCUT2D eigenvalue weighted by molar-refractivity contribution is -0.00587. The molecule has 2 rings (SSSR count). The zero-order chi connectivity index (χ0) is 11.8. The zero-order valence-electron chi connectivity index (χ0n) is 9.20. The highest BCUT2D eigenvalue weighted by Crippen LogP contribution is 2.24. The molecule has 0 bridgehead atoms. The molecule has 5 nitrogen and oxygen atoms in total. The van der Waals surface area contributed by atoms with Gasteiger partial charge in [-0.25, -0.2) is 0 Å². The third kappa shape index (κ3) is 2.22. The van der Waals surface area contributed by atoms with Crippen molar-refractivity contribution < 1.29 is 10.2 Å². The first-order valence-electron chi connectivity index (χ1n) is 5.29. The predicted molar refractivity (Wildman–Crippen MR) is 60.3 cm³/mol. The number of H-pyrrole nitrogens is 1. The Hall–Kier alpha value is -0.620. The molecule has 0 aromatic carbocycles. The van der Waals surface area contributed by atoms with Gasteiger partial charge in [0.25, 0.3) is 0 Å². The molecular weight excluding hydrogens is 230 g/mol. The van der Waals surface area contributed by atoms with E-state index in [1.54, 1.807) is 0 Å². The summed E-state index contributed by atoms with van der Waals surface area (Å²) in [5, 5.41) is 26.5. The summed E-state index contributed by atoms with van der Waals surface area (Å²) in [7, 11) is 0. The molecule has 1 unspecified atom stereocenters. The van der Waals surface area contributed by atoms with Gasteiger partial charge in [-0.15, -0.1) is 0 Å². The van der Waals surface area contributed by atoms with Crippen LogP contribution in [-0.2, 0) is 6.54 Å². The molecule has 1 aromatic rings. The van der Waals surface area contributed by atoms with Crippen LogP contribution in [0.2, 0.25) is 5.02 Å². The minimum atomic E-state index is -0.960. The first kappa shape index (κ1) is 11.9. The Kier molecular flexibility index (Phi) is 3.21. The summed E-state index contributed by atoms with van der Waals surface area (Å²) in [4.78, 5) is 2.04. The average molecular weight is 246 g/mol. The number of hydrogen-bond acceptors (Lipinski definition) is 4. The summed E-state index contributed by atoms with van der Waals surface area (Å²) in [5.74, 6) is 0. The summed E-state index contributed by atoms with van der Waals surface area (Å²) in [6, 6.07) is 0. The van der Waals surface area contributed by atoms with Crippen molar-refractivity contribution >= 4 is 11.6 Å². The number of nitrogens with one attached hydrogen (secondary N) is 1. The van der Waals surface area contributed by atoms with E-state index < -0.39 is 5.60 Å². The molecule has 1 aromatic heterocycles. The molecule has 1 saturated heterocycles. The van der Waals surface area contributed by atoms with E-state index >= 15 is 0 Å². The van der Waals surface area contributed by atoms with Gasteiger partial charge in [-0.05, 0) is 13.3 Å². The van der Waals surface area contributed by atoms with Crippen molar-refractivity contribution in [2.45, 2.75) is 25.5 Å². The second-order valence-corrected chi connectivity index (χ2v) is 4.83. The highest BCUT2D eigenvalue weighted by atomic mass is 35.5. The minimum Gasteiger partial charge on any atom is -0.393 e. The van der Waals surface area contributed by atoms with Crippen LogP contribution in [0.1, 0.15) is 17.8 Å². The monoisotopic (exact) mass is 245 g/mol. The second kappa shape index (κ2) is 4.33. The maximum absolute atomic E-state index is 9.87. The normalized spacial score (nSPS) is 26.5. The fourth-order valence-corrected chi connectivity index (χ4v) is 2.13. The van der Waals surface area contributed by atoms with E-state index in [2.05, 4.69) is 10.2 Å². The zero-order valence-corrected chi connectivity index (χ0v) is 9.96. The van der Waals surface area contributed by atoms with Gasteiger partial charge >= 0.3 is 0 Å². The Labute approximate surface area is 99.0 Å². The summed E-state index contributed by atoms with van der Waals surface area (Å²) >= 11 is 6.06. The number of aryl methyl sites for hydroxylation is 1. The van der Waals surface area contributed by atoms with E-state index in [4.69, 9.17) is 16.7 Å². The summed E-state index contributed by atoms with van der Waals surface area (Å²) in [5.41, 5.74) is 0.687. The van der Waals surface area contributed by atoms with E-state index in [9.17, 15) is 5.11 Å². The lowest BCUT2D eigenvalue weighted by Crippen LogP contribution is -2.36. The van der Waals surface area contributed by atoms with Crippen LogP contribution in [0.3, 0.4) is 0 Å². The maximum atomic E-state index is 9.87. The molecule has 16 heavy (non-hydrogen) atoms. The summed E-state index contributed by atoms with van der Waals surface area (Å²) in [6.07, 6.45) is 0.588. The van der Waals surface area contributed by atoms with Gasteiger partial charge in [0.2, 0.25) is 0 Å². The van der Waals surface area contributed by atoms with Crippen molar-refractivity contribution in [3.05, 3.63) is 16.4 Å². The molecule has 1 aliphatic rings. The second-order valence-electron chi connectivity index (χ2n) is 4.45. The number of aromatic amines is 1. The number of aliphatic hydroxyl groups excluding tert-OH is 1. The minimum absolute atomic E-state index is 0.198. The number of aliphatic hydroxyl groups is 2. The van der Waals surface area contributed by atoms with E-state index in [-0.39, 0.29) is 6.61 Å². The molecule has 1 fully saturated rings. The van der Waals surface area contributed by atoms with Crippen molar-refractivity contribution in [3.8, 4) is 0 Å². The van der Waals surface area contributed by atoms with Crippen LogP contribution in [-0.4, -0.2) is 50.6 Å². The van der Waals surface area contributed by atoms with E-state index in [0.29, 0.717) is 24.5 Å². The van der Waals surface area contributed by atoms with Crippen LogP contribution in [0.4, 0.5) is 0 Å². The molecule has 1 aliphatic heterocycles. The van der Waals surface area contributed by atoms with Gasteiger partial charge in [0.05, 0.1) is 23.0 Å². The summed E-state index contributed by atoms with van der Waals surface area (Å²) < 4.78 is 0. The van der Waals surface area contributed by atoms with Gasteiger partial charge in [0, 0.05) is 19.6 Å². The van der Waals surface area contributed by atoms with Crippen LogP contribution < -0.4 is 0 Å². The van der Waals surface area contributed by atoms with Crippen LogP contribution >= 0.6 is 11.6 Å². The Morgan fingerprint density at radius 2 is 2.38 bits per heavy atom. The largest absolute Gasteiger partial charge is 0.393 e. The van der Waals surface area contributed by atoms with Gasteiger partial charge in [-0.2, -0.15) is 5.10 Å². The molecule has 90 valence electrons. The lowest BCUT2D eigenvalue weighted by Gasteiger charge is -2.20. The van der Waals surface area contributed by atoms with Gasteiger partial charge in [0.1, 0.15) is 5.60 Å². The van der Waals surface area contributed by atoms with Gasteiger partial charge < -0.3 is 10.2 Å². The van der Waals surface area contributed by atoms with Crippen LogP contribution in [0.5, 0.6) is 0 Å². The van der Waals surface area contributed by atoms with Crippen molar-refractivity contribution in [2.75, 3.05) is 19.7 Å². The highest BCUT2D eigenvalue weighted by Gasteiger charge is 2.35. The third-order valence-electron chi connectivity index (χ3n) is 3.02. The van der Waals surface area contributed by atoms with Gasteiger partial charge in [-0.1, -0.05) is 11.6 Å². The Balaban J connectivity index is 2.00. The van der Waals surface area contributed by atoms with Crippen molar-refractivity contribution in [2.24, 2.45) is 0 Å². The molecule has 0 saturated carbocycles. The predicted octanol–water partition coefficient (Wildman–Crippen LogP) is 0.301. The fraction of sp³-hybridized carbons (Fsp3) is 0.700. The number of nitrogens with zero attached hydrogens (tertiary/aromatic N) is 2. The first-order chi connectivity index (χ1) is 7.54. The molecule has 0 aliphatic carbocycles. The molecule has 1 atom stereocenters. The van der Waals surface area contributed by atoms with Crippen molar-refractivity contribution in [1.29, 1.82) is 0 Å². The van der Waals surface area contributed by atoms with E-state index in [1.165, 1.54) is 0 Å². The molecule has 0 spiro atoms. The van der Waals surface area contributed by atoms with Crippen molar-refractivity contribution in [1.82, 2.24) is 15.1 Å². The Morgan fingerprint density at radius 3 is 2.88 bits per heavy atom. The number of halogens is 1. The van der Waals surface area contributed by atoms with Crippen molar-refractivity contribution in [3.63, 3.8) is 0 Å². The van der Waals surface area contributed by atoms with E-state index in [0.717, 1.165) is 17.9 Å². The first-order valence-corrected chi connectivity index (χ1v) is 5.67. The smallest absolute Gasteiger partial charge is 0.102 e. The third-order valence-corrected chi connectivity index (χ3v) is 3.52. The SMILES string of the molecule is Cc1[nH]nc(CN2CCC(O)(CO)C2)c1Cl. The molecule has 0 amide bonds.